The average Bonchev–Trinajstić information content (AvgIpc) is 2.79. The second kappa shape index (κ2) is 9.64. The molecule has 3 rings (SSSR count). The van der Waals surface area contributed by atoms with Crippen molar-refractivity contribution in [2.24, 2.45) is 0 Å². The Hall–Kier alpha value is -3.36. The van der Waals surface area contributed by atoms with Gasteiger partial charge >= 0.3 is 0 Å². The lowest BCUT2D eigenvalue weighted by Crippen LogP contribution is -2.26. The normalized spacial score (nSPS) is 11.5. The summed E-state index contributed by atoms with van der Waals surface area (Å²) >= 11 is 0. The van der Waals surface area contributed by atoms with Crippen molar-refractivity contribution in [2.45, 2.75) is 50.0 Å². The monoisotopic (exact) mass is 468 g/mol. The molecule has 0 radical (unpaired) electrons. The zero-order valence-corrected chi connectivity index (χ0v) is 19.9. The summed E-state index contributed by atoms with van der Waals surface area (Å²) in [5.41, 5.74) is 10.3. The molecule has 0 heterocycles. The Kier molecular flexibility index (Phi) is 7.09. The fourth-order valence-corrected chi connectivity index (χ4v) is 5.55. The number of amides is 1. The first kappa shape index (κ1) is 24.3. The highest BCUT2D eigenvalue weighted by molar-refractivity contribution is 7.91. The maximum Gasteiger partial charge on any atom is 0.276 e. The molecule has 7 nitrogen and oxygen atoms in total. The number of benzene rings is 3. The Balaban J connectivity index is 2.26. The Morgan fingerprint density at radius 1 is 1.03 bits per heavy atom. The molecule has 1 amide bonds. The van der Waals surface area contributed by atoms with Crippen LogP contribution in [0.15, 0.2) is 64.4 Å². The van der Waals surface area contributed by atoms with Gasteiger partial charge < -0.3 is 10.5 Å². The molecule has 174 valence electrons. The van der Waals surface area contributed by atoms with Crippen LogP contribution in [0.25, 0.3) is 0 Å². The average molecular weight is 469 g/mol. The summed E-state index contributed by atoms with van der Waals surface area (Å²) in [7, 11) is -4.16. The summed E-state index contributed by atoms with van der Waals surface area (Å²) < 4.78 is 33.1. The lowest BCUT2D eigenvalue weighted by atomic mass is 9.91. The second-order valence-corrected chi connectivity index (χ2v) is 9.98. The summed E-state index contributed by atoms with van der Waals surface area (Å²) in [4.78, 5) is 12.6. The Morgan fingerprint density at radius 2 is 1.64 bits per heavy atom. The molecule has 0 spiro atoms. The maximum atomic E-state index is 13.7. The number of nitrogens with two attached hydrogens (primary N) is 1. The molecule has 3 aromatic rings. The van der Waals surface area contributed by atoms with Crippen LogP contribution in [0.2, 0.25) is 0 Å². The molecule has 0 aliphatic heterocycles. The van der Waals surface area contributed by atoms with Crippen LogP contribution in [0.5, 0.6) is 5.75 Å². The minimum absolute atomic E-state index is 0.0115. The molecule has 33 heavy (non-hydrogen) atoms. The number of hydroxylamine groups is 1. The van der Waals surface area contributed by atoms with Crippen molar-refractivity contribution in [3.63, 3.8) is 0 Å². The zero-order chi connectivity index (χ0) is 24.3. The number of carbonyl (C=O) groups excluding carboxylic acids is 1. The van der Waals surface area contributed by atoms with E-state index in [-0.39, 0.29) is 39.1 Å². The van der Waals surface area contributed by atoms with Crippen LogP contribution in [-0.4, -0.2) is 25.6 Å². The first-order chi connectivity index (χ1) is 15.6. The zero-order valence-electron chi connectivity index (χ0n) is 19.0. The van der Waals surface area contributed by atoms with Gasteiger partial charge in [0.05, 0.1) is 21.5 Å². The van der Waals surface area contributed by atoms with Crippen molar-refractivity contribution >= 4 is 21.4 Å². The topological polar surface area (TPSA) is 119 Å². The minimum Gasteiger partial charge on any atom is -0.491 e. The summed E-state index contributed by atoms with van der Waals surface area (Å²) in [6.45, 7) is 7.05. The number of nitrogen functional groups attached to an aromatic ring is 1. The van der Waals surface area contributed by atoms with Crippen molar-refractivity contribution in [3.05, 3.63) is 82.4 Å². The molecule has 8 heteroatoms. The van der Waals surface area contributed by atoms with Crippen LogP contribution in [-0.2, 0) is 16.3 Å². The fourth-order valence-electron chi connectivity index (χ4n) is 3.82. The lowest BCUT2D eigenvalue weighted by Gasteiger charge is -2.21. The largest absolute Gasteiger partial charge is 0.491 e. The van der Waals surface area contributed by atoms with Crippen molar-refractivity contribution in [1.29, 1.82) is 0 Å². The molecule has 0 bridgehead atoms. The van der Waals surface area contributed by atoms with Gasteiger partial charge in [-0.2, -0.15) is 0 Å². The number of sulfone groups is 1. The molecule has 0 saturated heterocycles. The Morgan fingerprint density at radius 3 is 2.18 bits per heavy atom. The number of hydrogen-bond donors (Lipinski definition) is 3. The van der Waals surface area contributed by atoms with Crippen LogP contribution in [0.4, 0.5) is 5.69 Å². The number of rotatable bonds is 7. The van der Waals surface area contributed by atoms with Crippen LogP contribution in [0, 0.1) is 13.8 Å². The number of carbonyl (C=O) groups is 1. The molecule has 4 N–H and O–H groups in total. The van der Waals surface area contributed by atoms with E-state index in [0.29, 0.717) is 16.9 Å². The first-order valence-corrected chi connectivity index (χ1v) is 12.0. The number of nitrogens with one attached hydrogen (secondary N) is 1. The van der Waals surface area contributed by atoms with E-state index in [2.05, 4.69) is 0 Å². The molecule has 3 aromatic carbocycles. The molecular weight excluding hydrogens is 440 g/mol. The van der Waals surface area contributed by atoms with Gasteiger partial charge in [-0.25, -0.2) is 13.9 Å². The minimum atomic E-state index is -4.16. The number of hydrogen-bond acceptors (Lipinski definition) is 6. The van der Waals surface area contributed by atoms with Crippen molar-refractivity contribution in [2.75, 3.05) is 5.73 Å². The van der Waals surface area contributed by atoms with Gasteiger partial charge in [-0.05, 0) is 80.6 Å². The summed E-state index contributed by atoms with van der Waals surface area (Å²) in [6.07, 6.45) is 0.204. The van der Waals surface area contributed by atoms with E-state index in [0.717, 1.165) is 5.56 Å². The molecule has 0 aromatic heterocycles. The van der Waals surface area contributed by atoms with Crippen molar-refractivity contribution < 1.29 is 23.2 Å². The molecule has 0 saturated carbocycles. The molecule has 0 aliphatic rings. The van der Waals surface area contributed by atoms with Crippen molar-refractivity contribution in [1.82, 2.24) is 5.48 Å². The molecule has 0 atom stereocenters. The Labute approximate surface area is 194 Å². The van der Waals surface area contributed by atoms with Gasteiger partial charge in [0.1, 0.15) is 5.75 Å². The number of anilines is 1. The third kappa shape index (κ3) is 4.86. The molecule has 0 aliphatic carbocycles. The van der Waals surface area contributed by atoms with Crippen LogP contribution in [0.1, 0.15) is 46.5 Å². The van der Waals surface area contributed by atoms with Crippen LogP contribution < -0.4 is 16.0 Å². The summed E-state index contributed by atoms with van der Waals surface area (Å²) in [5.74, 6) is -0.382. The molecular formula is C25H28N2O5S. The van der Waals surface area contributed by atoms with E-state index in [4.69, 9.17) is 10.5 Å². The van der Waals surface area contributed by atoms with Gasteiger partial charge in [0.2, 0.25) is 9.84 Å². The predicted molar refractivity (Wildman–Crippen MR) is 126 cm³/mol. The van der Waals surface area contributed by atoms with Gasteiger partial charge in [0.25, 0.3) is 5.91 Å². The van der Waals surface area contributed by atoms with E-state index in [1.807, 2.05) is 44.2 Å². The highest BCUT2D eigenvalue weighted by Gasteiger charge is 2.32. The van der Waals surface area contributed by atoms with E-state index in [1.54, 1.807) is 31.5 Å². The standard InChI is InChI=1S/C25H28N2O5S/c1-15(2)32-19-10-12-20(13-11-19)33(30,31)24-17(4)23(26)16(3)21(22(24)25(28)27-29)14-18-8-6-5-7-9-18/h5-13,15,29H,14,26H2,1-4H3,(H,27,28). The summed E-state index contributed by atoms with van der Waals surface area (Å²) in [6, 6.07) is 15.3. The van der Waals surface area contributed by atoms with Gasteiger partial charge in [-0.15, -0.1) is 0 Å². The fraction of sp³-hybridized carbons (Fsp3) is 0.240. The van der Waals surface area contributed by atoms with Gasteiger partial charge in [-0.1, -0.05) is 30.3 Å². The number of ether oxygens (including phenoxy) is 1. The quantitative estimate of drug-likeness (QED) is 0.271. The predicted octanol–water partition coefficient (Wildman–Crippen LogP) is 4.22. The highest BCUT2D eigenvalue weighted by Crippen LogP contribution is 2.37. The van der Waals surface area contributed by atoms with E-state index < -0.39 is 15.7 Å². The third-order valence-electron chi connectivity index (χ3n) is 5.46. The van der Waals surface area contributed by atoms with E-state index in [9.17, 15) is 18.4 Å². The third-order valence-corrected chi connectivity index (χ3v) is 7.40. The first-order valence-electron chi connectivity index (χ1n) is 10.5. The van der Waals surface area contributed by atoms with Crippen molar-refractivity contribution in [3.8, 4) is 5.75 Å². The lowest BCUT2D eigenvalue weighted by molar-refractivity contribution is 0.0701. The SMILES string of the molecule is Cc1c(N)c(C)c(S(=O)(=O)c2ccc(OC(C)C)cc2)c(C(=O)NO)c1Cc1ccccc1. The van der Waals surface area contributed by atoms with E-state index in [1.165, 1.54) is 12.1 Å². The maximum absolute atomic E-state index is 13.7. The molecule has 0 fully saturated rings. The molecule has 0 unspecified atom stereocenters. The van der Waals surface area contributed by atoms with Crippen LogP contribution in [0.3, 0.4) is 0 Å². The van der Waals surface area contributed by atoms with Gasteiger partial charge in [-0.3, -0.25) is 10.0 Å². The highest BCUT2D eigenvalue weighted by atomic mass is 32.2. The second-order valence-electron chi connectivity index (χ2n) is 8.09. The Bertz CT molecular complexity index is 1270. The van der Waals surface area contributed by atoms with Gasteiger partial charge in [0, 0.05) is 5.69 Å². The smallest absolute Gasteiger partial charge is 0.276 e. The van der Waals surface area contributed by atoms with E-state index >= 15 is 0 Å². The van der Waals surface area contributed by atoms with Gasteiger partial charge in [0.15, 0.2) is 0 Å². The van der Waals surface area contributed by atoms with Crippen LogP contribution >= 0.6 is 0 Å². The summed E-state index contributed by atoms with van der Waals surface area (Å²) in [5, 5.41) is 9.47.